The Morgan fingerprint density at radius 2 is 2.16 bits per heavy atom. The third kappa shape index (κ3) is 2.50. The van der Waals surface area contributed by atoms with Gasteiger partial charge in [0.15, 0.2) is 11.5 Å². The highest BCUT2D eigenvalue weighted by Gasteiger charge is 2.28. The number of ether oxygens (including phenoxy) is 2. The Balaban J connectivity index is 1.84. The van der Waals surface area contributed by atoms with Crippen molar-refractivity contribution in [1.29, 1.82) is 0 Å². The zero-order valence-electron chi connectivity index (χ0n) is 11.7. The smallest absolute Gasteiger partial charge is 0.231 e. The highest BCUT2D eigenvalue weighted by atomic mass is 16.7. The lowest BCUT2D eigenvalue weighted by Crippen LogP contribution is -2.48. The number of benzene rings is 1. The van der Waals surface area contributed by atoms with Crippen LogP contribution in [-0.4, -0.2) is 32.0 Å². The molecule has 19 heavy (non-hydrogen) atoms. The van der Waals surface area contributed by atoms with Crippen LogP contribution in [0.5, 0.6) is 11.5 Å². The fraction of sp³-hybridized carbons (Fsp3) is 0.600. The molecule has 0 spiro atoms. The molecule has 1 aromatic rings. The Morgan fingerprint density at radius 1 is 1.32 bits per heavy atom. The van der Waals surface area contributed by atoms with Gasteiger partial charge in [-0.25, -0.2) is 0 Å². The van der Waals surface area contributed by atoms with E-state index in [0.29, 0.717) is 6.79 Å². The molecule has 0 radical (unpaired) electrons. The molecule has 0 aliphatic carbocycles. The molecule has 0 saturated carbocycles. The van der Waals surface area contributed by atoms with Gasteiger partial charge in [0.05, 0.1) is 0 Å². The third-order valence-corrected chi connectivity index (χ3v) is 4.20. The van der Waals surface area contributed by atoms with Crippen LogP contribution in [0.25, 0.3) is 0 Å². The number of anilines is 1. The van der Waals surface area contributed by atoms with Gasteiger partial charge in [0.1, 0.15) is 0 Å². The van der Waals surface area contributed by atoms with Gasteiger partial charge < -0.3 is 19.7 Å². The van der Waals surface area contributed by atoms with Gasteiger partial charge in [-0.15, -0.1) is 0 Å². The van der Waals surface area contributed by atoms with E-state index < -0.39 is 0 Å². The summed E-state index contributed by atoms with van der Waals surface area (Å²) < 4.78 is 10.8. The van der Waals surface area contributed by atoms with Crippen molar-refractivity contribution in [2.45, 2.75) is 32.2 Å². The molecule has 1 N–H and O–H groups in total. The quantitative estimate of drug-likeness (QED) is 0.887. The molecule has 1 aromatic carbocycles. The van der Waals surface area contributed by atoms with Crippen LogP contribution < -0.4 is 19.7 Å². The maximum absolute atomic E-state index is 5.47. The summed E-state index contributed by atoms with van der Waals surface area (Å²) in [5.41, 5.74) is 1.42. The van der Waals surface area contributed by atoms with E-state index in [0.717, 1.165) is 37.6 Å². The first kappa shape index (κ1) is 12.6. The molecule has 1 atom stereocenters. The van der Waals surface area contributed by atoms with Gasteiger partial charge in [-0.05, 0) is 38.4 Å². The molecule has 3 rings (SSSR count). The number of fused-ring (bicyclic) bond motifs is 1. The minimum Gasteiger partial charge on any atom is -0.454 e. The van der Waals surface area contributed by atoms with E-state index in [4.69, 9.17) is 9.47 Å². The second kappa shape index (κ2) is 4.93. The van der Waals surface area contributed by atoms with E-state index in [2.05, 4.69) is 36.2 Å². The molecule has 2 aliphatic heterocycles. The minimum absolute atomic E-state index is 0.187. The Kier molecular flexibility index (Phi) is 3.27. The zero-order valence-corrected chi connectivity index (χ0v) is 11.7. The molecule has 4 heteroatoms. The highest BCUT2D eigenvalue weighted by molar-refractivity contribution is 5.57. The molecule has 2 aliphatic rings. The normalized spacial score (nSPS) is 26.3. The van der Waals surface area contributed by atoms with Gasteiger partial charge in [-0.3, -0.25) is 0 Å². The van der Waals surface area contributed by atoms with Gasteiger partial charge in [0, 0.05) is 30.4 Å². The summed E-state index contributed by atoms with van der Waals surface area (Å²) in [6.45, 7) is 8.10. The van der Waals surface area contributed by atoms with Crippen molar-refractivity contribution in [1.82, 2.24) is 5.32 Å². The first-order valence-corrected chi connectivity index (χ1v) is 7.10. The predicted octanol–water partition coefficient (Wildman–Crippen LogP) is 2.38. The lowest BCUT2D eigenvalue weighted by atomic mass is 9.98. The average Bonchev–Trinajstić information content (AvgIpc) is 2.80. The van der Waals surface area contributed by atoms with Crippen LogP contribution in [0.2, 0.25) is 0 Å². The summed E-state index contributed by atoms with van der Waals surface area (Å²) >= 11 is 0. The Bertz CT molecular complexity index is 463. The summed E-state index contributed by atoms with van der Waals surface area (Å²) in [6.07, 6.45) is 2.30. The van der Waals surface area contributed by atoms with Gasteiger partial charge in [0.25, 0.3) is 0 Å². The second-order valence-electron chi connectivity index (χ2n) is 5.65. The largest absolute Gasteiger partial charge is 0.454 e. The summed E-state index contributed by atoms with van der Waals surface area (Å²) in [4.78, 5) is 2.45. The third-order valence-electron chi connectivity index (χ3n) is 4.20. The van der Waals surface area contributed by atoms with Crippen molar-refractivity contribution in [2.75, 3.05) is 31.3 Å². The van der Waals surface area contributed by atoms with Gasteiger partial charge in [-0.1, -0.05) is 6.92 Å². The van der Waals surface area contributed by atoms with E-state index >= 15 is 0 Å². The first-order valence-electron chi connectivity index (χ1n) is 7.10. The van der Waals surface area contributed by atoms with Gasteiger partial charge in [-0.2, -0.15) is 0 Å². The van der Waals surface area contributed by atoms with Crippen molar-refractivity contribution in [2.24, 2.45) is 0 Å². The summed E-state index contributed by atoms with van der Waals surface area (Å²) in [7, 11) is 0. The minimum atomic E-state index is 0.187. The fourth-order valence-electron chi connectivity index (χ4n) is 2.76. The molecule has 1 unspecified atom stereocenters. The zero-order chi connectivity index (χ0) is 13.3. The second-order valence-corrected chi connectivity index (χ2v) is 5.65. The lowest BCUT2D eigenvalue weighted by molar-refractivity contribution is 0.174. The first-order chi connectivity index (χ1) is 9.20. The number of nitrogens with zero attached hydrogens (tertiary/aromatic N) is 1. The Morgan fingerprint density at radius 3 is 3.00 bits per heavy atom. The van der Waals surface area contributed by atoms with Crippen LogP contribution in [0.4, 0.5) is 5.69 Å². The van der Waals surface area contributed by atoms with Crippen molar-refractivity contribution < 1.29 is 9.47 Å². The summed E-state index contributed by atoms with van der Waals surface area (Å²) in [5, 5.41) is 3.66. The molecule has 1 fully saturated rings. The Labute approximate surface area is 114 Å². The average molecular weight is 262 g/mol. The van der Waals surface area contributed by atoms with Crippen LogP contribution in [0, 0.1) is 0 Å². The van der Waals surface area contributed by atoms with Crippen molar-refractivity contribution in [3.8, 4) is 11.5 Å². The fourth-order valence-corrected chi connectivity index (χ4v) is 2.76. The molecule has 0 amide bonds. The van der Waals surface area contributed by atoms with Gasteiger partial charge >= 0.3 is 0 Å². The standard InChI is InChI=1S/C15H22N2O2/c1-3-15(2)10-17(8-4-7-16-15)12-5-6-13-14(9-12)19-11-18-13/h5-6,9,16H,3-4,7-8,10-11H2,1-2H3. The Hall–Kier alpha value is -1.42. The van der Waals surface area contributed by atoms with Crippen molar-refractivity contribution in [3.63, 3.8) is 0 Å². The molecular formula is C15H22N2O2. The topological polar surface area (TPSA) is 33.7 Å². The molecule has 0 aromatic heterocycles. The molecule has 1 saturated heterocycles. The predicted molar refractivity (Wildman–Crippen MR) is 76.1 cm³/mol. The van der Waals surface area contributed by atoms with Crippen molar-refractivity contribution >= 4 is 5.69 Å². The number of rotatable bonds is 2. The van der Waals surface area contributed by atoms with E-state index in [1.807, 2.05) is 6.07 Å². The maximum atomic E-state index is 5.47. The van der Waals surface area contributed by atoms with Crippen LogP contribution >= 0.6 is 0 Å². The maximum Gasteiger partial charge on any atom is 0.231 e. The van der Waals surface area contributed by atoms with E-state index in [9.17, 15) is 0 Å². The van der Waals surface area contributed by atoms with E-state index in [-0.39, 0.29) is 5.54 Å². The lowest BCUT2D eigenvalue weighted by Gasteiger charge is -2.34. The molecule has 0 bridgehead atoms. The SMILES string of the molecule is CCC1(C)CN(c2ccc3c(c2)OCO3)CCCN1. The number of hydrogen-bond acceptors (Lipinski definition) is 4. The molecular weight excluding hydrogens is 240 g/mol. The molecule has 2 heterocycles. The van der Waals surface area contributed by atoms with Crippen LogP contribution in [-0.2, 0) is 0 Å². The summed E-state index contributed by atoms with van der Waals surface area (Å²) in [6, 6.07) is 6.25. The summed E-state index contributed by atoms with van der Waals surface area (Å²) in [5.74, 6) is 1.72. The van der Waals surface area contributed by atoms with E-state index in [1.165, 1.54) is 12.1 Å². The van der Waals surface area contributed by atoms with Crippen LogP contribution in [0.3, 0.4) is 0 Å². The number of nitrogens with one attached hydrogen (secondary N) is 1. The van der Waals surface area contributed by atoms with Crippen LogP contribution in [0.15, 0.2) is 18.2 Å². The van der Waals surface area contributed by atoms with E-state index in [1.54, 1.807) is 0 Å². The molecule has 4 nitrogen and oxygen atoms in total. The molecule has 104 valence electrons. The van der Waals surface area contributed by atoms with Gasteiger partial charge in [0.2, 0.25) is 6.79 Å². The van der Waals surface area contributed by atoms with Crippen molar-refractivity contribution in [3.05, 3.63) is 18.2 Å². The number of hydrogen-bond donors (Lipinski definition) is 1. The highest BCUT2D eigenvalue weighted by Crippen LogP contribution is 2.36. The van der Waals surface area contributed by atoms with Crippen LogP contribution in [0.1, 0.15) is 26.7 Å². The monoisotopic (exact) mass is 262 g/mol.